The highest BCUT2D eigenvalue weighted by atomic mass is 16.2. The summed E-state index contributed by atoms with van der Waals surface area (Å²) in [6.45, 7) is 1.22. The molecule has 0 radical (unpaired) electrons. The molecule has 1 N–H and O–H groups in total. The van der Waals surface area contributed by atoms with Crippen LogP contribution in [0.15, 0.2) is 85.1 Å². The van der Waals surface area contributed by atoms with Crippen molar-refractivity contribution in [2.45, 2.75) is 13.1 Å². The lowest BCUT2D eigenvalue weighted by Gasteiger charge is -2.16. The van der Waals surface area contributed by atoms with E-state index in [1.165, 1.54) is 0 Å². The second-order valence-electron chi connectivity index (χ2n) is 8.19. The van der Waals surface area contributed by atoms with Gasteiger partial charge in [-0.2, -0.15) is 0 Å². The van der Waals surface area contributed by atoms with Crippen LogP contribution in [0.1, 0.15) is 32.9 Å². The molecule has 2 aromatic heterocycles. The predicted octanol–water partition coefficient (Wildman–Crippen LogP) is 6.04. The zero-order valence-corrected chi connectivity index (χ0v) is 17.5. The van der Waals surface area contributed by atoms with E-state index in [1.54, 1.807) is 0 Å². The van der Waals surface area contributed by atoms with Gasteiger partial charge in [0.2, 0.25) is 0 Å². The van der Waals surface area contributed by atoms with E-state index in [2.05, 4.69) is 52.4 Å². The number of benzene rings is 3. The zero-order valence-electron chi connectivity index (χ0n) is 17.5. The van der Waals surface area contributed by atoms with Gasteiger partial charge in [-0.15, -0.1) is 0 Å². The molecule has 32 heavy (non-hydrogen) atoms. The maximum absolute atomic E-state index is 13.2. The Labute approximate surface area is 185 Å². The minimum atomic E-state index is 0.0905. The smallest absolute Gasteiger partial charge is 0.257 e. The van der Waals surface area contributed by atoms with Crippen LogP contribution in [0.3, 0.4) is 0 Å². The molecule has 1 aliphatic heterocycles. The van der Waals surface area contributed by atoms with E-state index in [0.717, 1.165) is 49.8 Å². The fraction of sp³-hybridized carbons (Fsp3) is 0.0714. The molecule has 4 heteroatoms. The number of H-pyrrole nitrogens is 1. The van der Waals surface area contributed by atoms with Crippen molar-refractivity contribution in [3.05, 3.63) is 113 Å². The van der Waals surface area contributed by atoms with Gasteiger partial charge in [-0.05, 0) is 23.3 Å². The molecule has 0 saturated carbocycles. The van der Waals surface area contributed by atoms with Gasteiger partial charge >= 0.3 is 0 Å². The van der Waals surface area contributed by atoms with Crippen LogP contribution in [0.2, 0.25) is 0 Å². The molecule has 4 nitrogen and oxygen atoms in total. The number of hydrogen-bond acceptors (Lipinski definition) is 2. The van der Waals surface area contributed by atoms with Crippen LogP contribution in [-0.2, 0) is 13.1 Å². The molecule has 6 rings (SSSR count). The maximum atomic E-state index is 13.2. The Bertz CT molecular complexity index is 1480. The summed E-state index contributed by atoms with van der Waals surface area (Å²) in [6.07, 6.45) is 5.99. The quantitative estimate of drug-likeness (QED) is 0.389. The summed E-state index contributed by atoms with van der Waals surface area (Å²) in [7, 11) is 0. The third-order valence-electron chi connectivity index (χ3n) is 6.08. The number of hydrogen-bond donors (Lipinski definition) is 1. The number of rotatable bonds is 4. The van der Waals surface area contributed by atoms with Crippen molar-refractivity contribution in [1.29, 1.82) is 0 Å². The average Bonchev–Trinajstić information content (AvgIpc) is 3.35. The summed E-state index contributed by atoms with van der Waals surface area (Å²) in [5, 5.41) is 3.13. The fourth-order valence-electron chi connectivity index (χ4n) is 4.50. The van der Waals surface area contributed by atoms with Gasteiger partial charge in [-0.25, -0.2) is 0 Å². The number of fused-ring (bicyclic) bond motifs is 5. The number of aromatic nitrogens is 2. The van der Waals surface area contributed by atoms with Gasteiger partial charge < -0.3 is 9.88 Å². The molecule has 0 spiro atoms. The lowest BCUT2D eigenvalue weighted by Crippen LogP contribution is -2.23. The first-order valence-electron chi connectivity index (χ1n) is 10.8. The topological polar surface area (TPSA) is 49.0 Å². The molecule has 0 aliphatic carbocycles. The molecule has 0 atom stereocenters. The molecular weight excluding hydrogens is 394 g/mol. The van der Waals surface area contributed by atoms with E-state index < -0.39 is 0 Å². The third-order valence-corrected chi connectivity index (χ3v) is 6.08. The molecule has 0 fully saturated rings. The predicted molar refractivity (Wildman–Crippen MR) is 129 cm³/mol. The van der Waals surface area contributed by atoms with Gasteiger partial charge in [0.25, 0.3) is 5.91 Å². The highest BCUT2D eigenvalue weighted by Crippen LogP contribution is 2.35. The van der Waals surface area contributed by atoms with E-state index in [1.807, 2.05) is 59.6 Å². The lowest BCUT2D eigenvalue weighted by atomic mass is 10.1. The number of amides is 1. The normalized spacial score (nSPS) is 13.5. The van der Waals surface area contributed by atoms with Crippen molar-refractivity contribution in [2.24, 2.45) is 0 Å². The third kappa shape index (κ3) is 3.17. The Hall–Kier alpha value is -4.18. The Morgan fingerprint density at radius 3 is 2.50 bits per heavy atom. The first-order chi connectivity index (χ1) is 15.8. The molecule has 154 valence electrons. The van der Waals surface area contributed by atoms with Crippen LogP contribution in [0.25, 0.3) is 33.8 Å². The second kappa shape index (κ2) is 7.50. The summed E-state index contributed by atoms with van der Waals surface area (Å²) in [6, 6.07) is 26.5. The van der Waals surface area contributed by atoms with Gasteiger partial charge in [0.15, 0.2) is 0 Å². The number of pyridine rings is 1. The van der Waals surface area contributed by atoms with Crippen molar-refractivity contribution >= 4 is 39.7 Å². The Balaban J connectivity index is 1.37. The van der Waals surface area contributed by atoms with Gasteiger partial charge in [0, 0.05) is 34.6 Å². The van der Waals surface area contributed by atoms with Gasteiger partial charge in [0.1, 0.15) is 0 Å². The summed E-state index contributed by atoms with van der Waals surface area (Å²) in [5.74, 6) is 0.0905. The minimum absolute atomic E-state index is 0.0905. The van der Waals surface area contributed by atoms with Crippen LogP contribution in [-0.4, -0.2) is 20.8 Å². The van der Waals surface area contributed by atoms with E-state index in [9.17, 15) is 4.79 Å². The summed E-state index contributed by atoms with van der Waals surface area (Å²) in [5.41, 5.74) is 5.97. The monoisotopic (exact) mass is 415 g/mol. The van der Waals surface area contributed by atoms with Crippen molar-refractivity contribution in [3.63, 3.8) is 0 Å². The molecule has 0 unspecified atom stereocenters. The first kappa shape index (κ1) is 18.6. The summed E-state index contributed by atoms with van der Waals surface area (Å²) in [4.78, 5) is 23.3. The molecule has 3 heterocycles. The van der Waals surface area contributed by atoms with Crippen molar-refractivity contribution in [1.82, 2.24) is 14.9 Å². The largest absolute Gasteiger partial charge is 0.356 e. The van der Waals surface area contributed by atoms with Crippen molar-refractivity contribution in [2.75, 3.05) is 0 Å². The Morgan fingerprint density at radius 1 is 0.906 bits per heavy atom. The van der Waals surface area contributed by atoms with Crippen molar-refractivity contribution < 1.29 is 4.79 Å². The Morgan fingerprint density at radius 2 is 1.69 bits per heavy atom. The van der Waals surface area contributed by atoms with E-state index in [4.69, 9.17) is 0 Å². The minimum Gasteiger partial charge on any atom is -0.356 e. The SMILES string of the molecule is O=C1c2c([nH]c3c2ccc2cnc(/C=C/c4ccccc4)cc23)CN1Cc1ccccc1. The molecular formula is C28H21N3O. The Kier molecular flexibility index (Phi) is 4.36. The van der Waals surface area contributed by atoms with Gasteiger partial charge in [-0.1, -0.05) is 78.9 Å². The van der Waals surface area contributed by atoms with Crippen LogP contribution in [0, 0.1) is 0 Å². The molecule has 0 saturated heterocycles. The number of carbonyl (C=O) groups excluding carboxylic acids is 1. The number of nitrogens with zero attached hydrogens (tertiary/aromatic N) is 2. The summed E-state index contributed by atoms with van der Waals surface area (Å²) < 4.78 is 0. The molecule has 0 bridgehead atoms. The van der Waals surface area contributed by atoms with Gasteiger partial charge in [-0.3, -0.25) is 9.78 Å². The number of carbonyl (C=O) groups is 1. The summed E-state index contributed by atoms with van der Waals surface area (Å²) >= 11 is 0. The maximum Gasteiger partial charge on any atom is 0.257 e. The number of nitrogens with one attached hydrogen (secondary N) is 1. The number of aromatic amines is 1. The highest BCUT2D eigenvalue weighted by molar-refractivity contribution is 6.16. The molecule has 1 amide bonds. The zero-order chi connectivity index (χ0) is 21.5. The average molecular weight is 415 g/mol. The molecule has 5 aromatic rings. The van der Waals surface area contributed by atoms with Gasteiger partial charge in [0.05, 0.1) is 23.3 Å². The van der Waals surface area contributed by atoms with Crippen LogP contribution in [0.4, 0.5) is 0 Å². The van der Waals surface area contributed by atoms with Crippen LogP contribution >= 0.6 is 0 Å². The molecule has 1 aliphatic rings. The fourth-order valence-corrected chi connectivity index (χ4v) is 4.50. The van der Waals surface area contributed by atoms with Crippen LogP contribution < -0.4 is 0 Å². The van der Waals surface area contributed by atoms with E-state index in [0.29, 0.717) is 13.1 Å². The standard InChI is InChI=1S/C28H21N3O/c32-28-26-23-14-12-21-16-29-22(13-11-19-7-3-1-4-8-19)15-24(21)27(23)30-25(26)18-31(28)17-20-9-5-2-6-10-20/h1-16,30H,17-18H2/b13-11+. The van der Waals surface area contributed by atoms with Crippen molar-refractivity contribution in [3.8, 4) is 0 Å². The highest BCUT2D eigenvalue weighted by Gasteiger charge is 2.31. The lowest BCUT2D eigenvalue weighted by molar-refractivity contribution is 0.0767. The molecule has 3 aromatic carbocycles. The van der Waals surface area contributed by atoms with E-state index >= 15 is 0 Å². The first-order valence-corrected chi connectivity index (χ1v) is 10.8. The van der Waals surface area contributed by atoms with Crippen LogP contribution in [0.5, 0.6) is 0 Å². The van der Waals surface area contributed by atoms with E-state index in [-0.39, 0.29) is 5.91 Å². The second-order valence-corrected chi connectivity index (χ2v) is 8.19.